The van der Waals surface area contributed by atoms with Gasteiger partial charge in [0.1, 0.15) is 13.2 Å². The summed E-state index contributed by atoms with van der Waals surface area (Å²) in [6.07, 6.45) is 2.78. The normalized spacial score (nSPS) is 19.9. The fraction of sp³-hybridized carbons (Fsp3) is 0.381. The van der Waals surface area contributed by atoms with Crippen LogP contribution in [0.25, 0.3) is 0 Å². The van der Waals surface area contributed by atoms with E-state index in [0.29, 0.717) is 13.2 Å². The van der Waals surface area contributed by atoms with E-state index in [2.05, 4.69) is 24.3 Å². The molecule has 2 aromatic carbocycles. The molecule has 2 aliphatic heterocycles. The van der Waals surface area contributed by atoms with Crippen LogP contribution in [0.1, 0.15) is 29.5 Å². The van der Waals surface area contributed by atoms with Gasteiger partial charge in [0, 0.05) is 13.1 Å². The van der Waals surface area contributed by atoms with E-state index in [-0.39, 0.29) is 11.3 Å². The highest BCUT2D eigenvalue weighted by Crippen LogP contribution is 2.51. The van der Waals surface area contributed by atoms with Crippen molar-refractivity contribution in [1.29, 1.82) is 0 Å². The first-order valence-corrected chi connectivity index (χ1v) is 9.03. The second kappa shape index (κ2) is 5.51. The van der Waals surface area contributed by atoms with E-state index in [0.717, 1.165) is 49.4 Å². The summed E-state index contributed by atoms with van der Waals surface area (Å²) in [5, 5.41) is 0. The SMILES string of the molecule is O=C(N1CCc2ccccc2C1)C1(c2ccc3c(c2)OCCO3)CC1. The predicted octanol–water partition coefficient (Wildman–Crippen LogP) is 3.07. The van der Waals surface area contributed by atoms with Crippen LogP contribution < -0.4 is 9.47 Å². The second-order valence-corrected chi connectivity index (χ2v) is 7.19. The highest BCUT2D eigenvalue weighted by atomic mass is 16.6. The van der Waals surface area contributed by atoms with Crippen molar-refractivity contribution in [3.63, 3.8) is 0 Å². The van der Waals surface area contributed by atoms with Crippen LogP contribution in [-0.4, -0.2) is 30.6 Å². The lowest BCUT2D eigenvalue weighted by Crippen LogP contribution is -2.42. The summed E-state index contributed by atoms with van der Waals surface area (Å²) in [5.74, 6) is 1.82. The van der Waals surface area contributed by atoms with E-state index in [9.17, 15) is 4.79 Å². The molecule has 4 heteroatoms. The number of rotatable bonds is 2. The van der Waals surface area contributed by atoms with Crippen molar-refractivity contribution >= 4 is 5.91 Å². The van der Waals surface area contributed by atoms with Gasteiger partial charge in [0.25, 0.3) is 0 Å². The Morgan fingerprint density at radius 3 is 2.52 bits per heavy atom. The Morgan fingerprint density at radius 1 is 0.960 bits per heavy atom. The molecule has 2 aromatic rings. The summed E-state index contributed by atoms with van der Waals surface area (Å²) >= 11 is 0. The number of hydrogen-bond acceptors (Lipinski definition) is 3. The minimum atomic E-state index is -0.359. The largest absolute Gasteiger partial charge is 0.486 e. The predicted molar refractivity (Wildman–Crippen MR) is 93.9 cm³/mol. The average molecular weight is 335 g/mol. The van der Waals surface area contributed by atoms with Crippen molar-refractivity contribution in [2.24, 2.45) is 0 Å². The molecule has 0 radical (unpaired) electrons. The molecule has 5 rings (SSSR count). The van der Waals surface area contributed by atoms with Crippen molar-refractivity contribution < 1.29 is 14.3 Å². The third-order valence-corrected chi connectivity index (χ3v) is 5.67. The van der Waals surface area contributed by atoms with E-state index in [1.54, 1.807) is 0 Å². The Labute approximate surface area is 147 Å². The number of benzene rings is 2. The van der Waals surface area contributed by atoms with Gasteiger partial charge in [0.2, 0.25) is 5.91 Å². The lowest BCUT2D eigenvalue weighted by Gasteiger charge is -2.32. The number of ether oxygens (including phenoxy) is 2. The Kier molecular flexibility index (Phi) is 3.27. The zero-order valence-corrected chi connectivity index (χ0v) is 14.2. The molecule has 25 heavy (non-hydrogen) atoms. The molecule has 0 aromatic heterocycles. The van der Waals surface area contributed by atoms with Crippen molar-refractivity contribution in [1.82, 2.24) is 4.90 Å². The van der Waals surface area contributed by atoms with Crippen LogP contribution in [0.15, 0.2) is 42.5 Å². The first-order chi connectivity index (χ1) is 12.3. The third-order valence-electron chi connectivity index (χ3n) is 5.67. The van der Waals surface area contributed by atoms with E-state index < -0.39 is 0 Å². The molecule has 1 aliphatic carbocycles. The van der Waals surface area contributed by atoms with Gasteiger partial charge in [-0.1, -0.05) is 30.3 Å². The van der Waals surface area contributed by atoms with Crippen LogP contribution in [0.3, 0.4) is 0 Å². The van der Waals surface area contributed by atoms with Crippen LogP contribution in [0.4, 0.5) is 0 Å². The smallest absolute Gasteiger partial charge is 0.233 e. The van der Waals surface area contributed by atoms with E-state index >= 15 is 0 Å². The molecule has 4 nitrogen and oxygen atoms in total. The minimum absolute atomic E-state index is 0.263. The van der Waals surface area contributed by atoms with Crippen molar-refractivity contribution in [2.45, 2.75) is 31.2 Å². The number of amides is 1. The maximum absolute atomic E-state index is 13.3. The molecule has 128 valence electrons. The Morgan fingerprint density at radius 2 is 1.72 bits per heavy atom. The summed E-state index contributed by atoms with van der Waals surface area (Å²) in [6, 6.07) is 14.4. The first kappa shape index (κ1) is 14.8. The van der Waals surface area contributed by atoms with Crippen molar-refractivity contribution in [2.75, 3.05) is 19.8 Å². The number of hydrogen-bond donors (Lipinski definition) is 0. The molecule has 1 amide bonds. The minimum Gasteiger partial charge on any atom is -0.486 e. The monoisotopic (exact) mass is 335 g/mol. The van der Waals surface area contributed by atoms with Crippen LogP contribution >= 0.6 is 0 Å². The summed E-state index contributed by atoms with van der Waals surface area (Å²) in [7, 11) is 0. The van der Waals surface area contributed by atoms with Gasteiger partial charge >= 0.3 is 0 Å². The summed E-state index contributed by atoms with van der Waals surface area (Å²) in [6.45, 7) is 2.69. The fourth-order valence-corrected chi connectivity index (χ4v) is 4.06. The highest BCUT2D eigenvalue weighted by Gasteiger charge is 2.53. The maximum atomic E-state index is 13.3. The molecule has 0 N–H and O–H groups in total. The van der Waals surface area contributed by atoms with Crippen molar-refractivity contribution in [3.8, 4) is 11.5 Å². The summed E-state index contributed by atoms with van der Waals surface area (Å²) < 4.78 is 11.3. The Balaban J connectivity index is 1.42. The summed E-state index contributed by atoms with van der Waals surface area (Å²) in [4.78, 5) is 15.3. The molecule has 1 saturated carbocycles. The third kappa shape index (κ3) is 2.39. The van der Waals surface area contributed by atoms with Crippen LogP contribution in [0.2, 0.25) is 0 Å². The molecule has 0 saturated heterocycles. The lowest BCUT2D eigenvalue weighted by atomic mass is 9.91. The van der Waals surface area contributed by atoms with E-state index in [4.69, 9.17) is 9.47 Å². The number of carbonyl (C=O) groups excluding carboxylic acids is 1. The molecular formula is C21H21NO3. The molecular weight excluding hydrogens is 314 g/mol. The van der Waals surface area contributed by atoms with Gasteiger partial charge in [-0.3, -0.25) is 4.79 Å². The number of fused-ring (bicyclic) bond motifs is 2. The average Bonchev–Trinajstić information content (AvgIpc) is 3.48. The maximum Gasteiger partial charge on any atom is 0.233 e. The molecule has 0 bridgehead atoms. The molecule has 2 heterocycles. The number of nitrogens with zero attached hydrogens (tertiary/aromatic N) is 1. The lowest BCUT2D eigenvalue weighted by molar-refractivity contribution is -0.134. The fourth-order valence-electron chi connectivity index (χ4n) is 4.06. The van der Waals surface area contributed by atoms with Crippen molar-refractivity contribution in [3.05, 3.63) is 59.2 Å². The van der Waals surface area contributed by atoms with Gasteiger partial charge in [-0.15, -0.1) is 0 Å². The van der Waals surface area contributed by atoms with Gasteiger partial charge in [-0.05, 0) is 48.1 Å². The molecule has 1 fully saturated rings. The number of carbonyl (C=O) groups is 1. The van der Waals surface area contributed by atoms with Gasteiger partial charge in [0.15, 0.2) is 11.5 Å². The first-order valence-electron chi connectivity index (χ1n) is 9.03. The Hall–Kier alpha value is -2.49. The standard InChI is InChI=1S/C21H21NO3/c23-20(22-10-7-15-3-1-2-4-16(15)14-22)21(8-9-21)17-5-6-18-19(13-17)25-12-11-24-18/h1-6,13H,7-12,14H2. The van der Waals surface area contributed by atoms with Gasteiger partial charge in [-0.2, -0.15) is 0 Å². The molecule has 3 aliphatic rings. The molecule has 0 unspecified atom stereocenters. The highest BCUT2D eigenvalue weighted by molar-refractivity contribution is 5.91. The molecule has 0 spiro atoms. The van der Waals surface area contributed by atoms with Gasteiger partial charge in [-0.25, -0.2) is 0 Å². The molecule has 0 atom stereocenters. The van der Waals surface area contributed by atoms with Gasteiger partial charge in [0.05, 0.1) is 5.41 Å². The van der Waals surface area contributed by atoms with E-state index in [1.165, 1.54) is 11.1 Å². The van der Waals surface area contributed by atoms with Crippen LogP contribution in [0, 0.1) is 0 Å². The Bertz CT molecular complexity index is 841. The zero-order chi connectivity index (χ0) is 16.9. The second-order valence-electron chi connectivity index (χ2n) is 7.19. The van der Waals surface area contributed by atoms with E-state index in [1.807, 2.05) is 23.1 Å². The quantitative estimate of drug-likeness (QED) is 0.847. The van der Waals surface area contributed by atoms with Gasteiger partial charge < -0.3 is 14.4 Å². The topological polar surface area (TPSA) is 38.8 Å². The summed E-state index contributed by atoms with van der Waals surface area (Å²) in [5.41, 5.74) is 3.36. The van der Waals surface area contributed by atoms with Crippen LogP contribution in [0.5, 0.6) is 11.5 Å². The van der Waals surface area contributed by atoms with Crippen LogP contribution in [-0.2, 0) is 23.2 Å². The zero-order valence-electron chi connectivity index (χ0n) is 14.2.